The number of hydrogen-bond donors (Lipinski definition) is 1. The van der Waals surface area contributed by atoms with E-state index >= 15 is 0 Å². The third-order valence-electron chi connectivity index (χ3n) is 6.62. The van der Waals surface area contributed by atoms with Gasteiger partial charge in [-0.1, -0.05) is 18.6 Å². The van der Waals surface area contributed by atoms with E-state index in [-0.39, 0.29) is 24.1 Å². The van der Waals surface area contributed by atoms with Crippen LogP contribution in [0.15, 0.2) is 24.4 Å². The molecule has 2 atom stereocenters. The van der Waals surface area contributed by atoms with E-state index in [1.54, 1.807) is 11.0 Å². The molecule has 2 fully saturated rings. The van der Waals surface area contributed by atoms with Crippen molar-refractivity contribution in [1.29, 1.82) is 0 Å². The Bertz CT molecular complexity index is 777. The van der Waals surface area contributed by atoms with Gasteiger partial charge in [0, 0.05) is 44.7 Å². The Morgan fingerprint density at radius 3 is 2.81 bits per heavy atom. The molecule has 3 rings (SSSR count). The minimum Gasteiger partial charge on any atom is -0.468 e. The molecule has 0 aromatic rings. The van der Waals surface area contributed by atoms with Crippen LogP contribution in [-0.4, -0.2) is 66.8 Å². The summed E-state index contributed by atoms with van der Waals surface area (Å²) in [7, 11) is 1.33. The topological polar surface area (TPSA) is 96.0 Å². The zero-order chi connectivity index (χ0) is 22.4. The summed E-state index contributed by atoms with van der Waals surface area (Å²) >= 11 is 0. The summed E-state index contributed by atoms with van der Waals surface area (Å²) in [5.41, 5.74) is -0.461. The molecular formula is C23H33N3O5. The lowest BCUT2D eigenvalue weighted by atomic mass is 9.71. The van der Waals surface area contributed by atoms with Crippen molar-refractivity contribution in [1.82, 2.24) is 15.1 Å². The number of carbonyl (C=O) groups excluding carboxylic acids is 4. The van der Waals surface area contributed by atoms with Crippen LogP contribution in [-0.2, 0) is 23.9 Å². The zero-order valence-electron chi connectivity index (χ0n) is 18.4. The SMILES string of the molecule is C=CCN1C(=O)[C@@H](CC(=O)NCCCN2CCCC2=O)[C@]2(C(=O)OC)CCCCC=C12. The molecule has 0 saturated carbocycles. The van der Waals surface area contributed by atoms with Crippen molar-refractivity contribution in [2.75, 3.05) is 33.3 Å². The summed E-state index contributed by atoms with van der Waals surface area (Å²) in [5, 5.41) is 2.86. The minimum atomic E-state index is -1.12. The number of rotatable bonds is 9. The number of esters is 1. The molecule has 170 valence electrons. The molecule has 2 saturated heterocycles. The fraction of sp³-hybridized carbons (Fsp3) is 0.652. The number of fused-ring (bicyclic) bond motifs is 1. The van der Waals surface area contributed by atoms with Crippen molar-refractivity contribution in [2.45, 2.75) is 51.4 Å². The molecule has 0 unspecified atom stereocenters. The first-order chi connectivity index (χ1) is 15.0. The van der Waals surface area contributed by atoms with E-state index < -0.39 is 17.3 Å². The second-order valence-electron chi connectivity index (χ2n) is 8.48. The molecule has 0 radical (unpaired) electrons. The van der Waals surface area contributed by atoms with E-state index in [1.807, 2.05) is 11.0 Å². The van der Waals surface area contributed by atoms with Crippen LogP contribution in [0, 0.1) is 11.3 Å². The van der Waals surface area contributed by atoms with Gasteiger partial charge in [-0.05, 0) is 32.1 Å². The van der Waals surface area contributed by atoms with Crippen LogP contribution in [0.1, 0.15) is 51.4 Å². The average Bonchev–Trinajstić information content (AvgIpc) is 3.15. The zero-order valence-corrected chi connectivity index (χ0v) is 18.4. The maximum absolute atomic E-state index is 13.3. The molecule has 0 aromatic heterocycles. The minimum absolute atomic E-state index is 0.0679. The van der Waals surface area contributed by atoms with Gasteiger partial charge < -0.3 is 19.9 Å². The molecule has 8 nitrogen and oxygen atoms in total. The predicted octanol–water partition coefficient (Wildman–Crippen LogP) is 1.77. The smallest absolute Gasteiger partial charge is 0.318 e. The van der Waals surface area contributed by atoms with E-state index in [0.717, 1.165) is 32.2 Å². The second-order valence-corrected chi connectivity index (χ2v) is 8.48. The number of amides is 3. The second kappa shape index (κ2) is 10.1. The lowest BCUT2D eigenvalue weighted by Crippen LogP contribution is -2.41. The summed E-state index contributed by atoms with van der Waals surface area (Å²) in [6.07, 6.45) is 8.64. The van der Waals surface area contributed by atoms with Crippen molar-refractivity contribution in [2.24, 2.45) is 11.3 Å². The fourth-order valence-corrected chi connectivity index (χ4v) is 5.12. The lowest BCUT2D eigenvalue weighted by Gasteiger charge is -2.31. The predicted molar refractivity (Wildman–Crippen MR) is 114 cm³/mol. The molecule has 31 heavy (non-hydrogen) atoms. The van der Waals surface area contributed by atoms with Crippen molar-refractivity contribution in [3.8, 4) is 0 Å². The number of ether oxygens (including phenoxy) is 1. The molecule has 2 aliphatic heterocycles. The molecule has 0 aromatic carbocycles. The van der Waals surface area contributed by atoms with E-state index in [2.05, 4.69) is 11.9 Å². The normalized spacial score (nSPS) is 25.7. The lowest BCUT2D eigenvalue weighted by molar-refractivity contribution is -0.155. The van der Waals surface area contributed by atoms with Crippen molar-refractivity contribution < 1.29 is 23.9 Å². The van der Waals surface area contributed by atoms with E-state index in [4.69, 9.17) is 4.74 Å². The maximum atomic E-state index is 13.3. The molecule has 2 heterocycles. The fourth-order valence-electron chi connectivity index (χ4n) is 5.12. The molecule has 0 spiro atoms. The molecule has 1 N–H and O–H groups in total. The number of likely N-dealkylation sites (tertiary alicyclic amines) is 2. The largest absolute Gasteiger partial charge is 0.468 e. The van der Waals surface area contributed by atoms with Crippen LogP contribution in [0.3, 0.4) is 0 Å². The first kappa shape index (κ1) is 23.0. The van der Waals surface area contributed by atoms with Gasteiger partial charge in [-0.15, -0.1) is 6.58 Å². The van der Waals surface area contributed by atoms with Gasteiger partial charge in [0.1, 0.15) is 5.41 Å². The van der Waals surface area contributed by atoms with Crippen molar-refractivity contribution >= 4 is 23.7 Å². The summed E-state index contributed by atoms with van der Waals surface area (Å²) in [6.45, 7) is 5.85. The maximum Gasteiger partial charge on any atom is 0.318 e. The molecule has 3 aliphatic rings. The number of carbonyl (C=O) groups is 4. The monoisotopic (exact) mass is 431 g/mol. The Morgan fingerprint density at radius 2 is 2.13 bits per heavy atom. The van der Waals surface area contributed by atoms with Crippen LogP contribution in [0.25, 0.3) is 0 Å². The third-order valence-corrected chi connectivity index (χ3v) is 6.62. The highest BCUT2D eigenvalue weighted by atomic mass is 16.5. The average molecular weight is 432 g/mol. The Labute approximate surface area is 183 Å². The first-order valence-corrected chi connectivity index (χ1v) is 11.2. The van der Waals surface area contributed by atoms with Gasteiger partial charge in [0.05, 0.1) is 13.0 Å². The third kappa shape index (κ3) is 4.52. The quantitative estimate of drug-likeness (QED) is 0.341. The summed E-state index contributed by atoms with van der Waals surface area (Å²) in [6, 6.07) is 0. The van der Waals surface area contributed by atoms with Crippen LogP contribution in [0.4, 0.5) is 0 Å². The number of nitrogens with one attached hydrogen (secondary N) is 1. The Hall–Kier alpha value is -2.64. The highest BCUT2D eigenvalue weighted by molar-refractivity contribution is 5.98. The van der Waals surface area contributed by atoms with Gasteiger partial charge in [-0.2, -0.15) is 0 Å². The van der Waals surface area contributed by atoms with E-state index in [0.29, 0.717) is 44.6 Å². The summed E-state index contributed by atoms with van der Waals surface area (Å²) < 4.78 is 5.15. The number of nitrogens with zero attached hydrogens (tertiary/aromatic N) is 2. The molecule has 1 aliphatic carbocycles. The Kier molecular flexibility index (Phi) is 7.51. The van der Waals surface area contributed by atoms with E-state index in [1.165, 1.54) is 7.11 Å². The highest BCUT2D eigenvalue weighted by Crippen LogP contribution is 2.52. The van der Waals surface area contributed by atoms with Gasteiger partial charge in [-0.3, -0.25) is 19.2 Å². The molecule has 3 amide bonds. The summed E-state index contributed by atoms with van der Waals surface area (Å²) in [4.78, 5) is 54.1. The van der Waals surface area contributed by atoms with Crippen molar-refractivity contribution in [3.05, 3.63) is 24.4 Å². The molecule has 8 heteroatoms. The first-order valence-electron chi connectivity index (χ1n) is 11.2. The van der Waals surface area contributed by atoms with Crippen LogP contribution in [0.5, 0.6) is 0 Å². The highest BCUT2D eigenvalue weighted by Gasteiger charge is 2.61. The van der Waals surface area contributed by atoms with Gasteiger partial charge in [0.15, 0.2) is 0 Å². The van der Waals surface area contributed by atoms with Gasteiger partial charge in [0.25, 0.3) is 0 Å². The van der Waals surface area contributed by atoms with Gasteiger partial charge in [-0.25, -0.2) is 0 Å². The number of methoxy groups -OCH3 is 1. The van der Waals surface area contributed by atoms with Gasteiger partial charge in [0.2, 0.25) is 17.7 Å². The Balaban J connectivity index is 1.70. The summed E-state index contributed by atoms with van der Waals surface area (Å²) in [5.74, 6) is -1.57. The molecular weight excluding hydrogens is 398 g/mol. The van der Waals surface area contributed by atoms with Gasteiger partial charge >= 0.3 is 5.97 Å². The Morgan fingerprint density at radius 1 is 1.32 bits per heavy atom. The van der Waals surface area contributed by atoms with Crippen LogP contribution >= 0.6 is 0 Å². The standard InChI is InChI=1S/C23H33N3O5/c1-3-13-26-18-9-5-4-6-11-23(18,22(30)31-2)17(21(26)29)16-19(27)24-12-8-15-25-14-7-10-20(25)28/h3,9,17H,1,4-8,10-16H2,2H3,(H,24,27)/t17-,23-/m1/s1. The van der Waals surface area contributed by atoms with Crippen LogP contribution in [0.2, 0.25) is 0 Å². The van der Waals surface area contributed by atoms with Crippen molar-refractivity contribution in [3.63, 3.8) is 0 Å². The number of hydrogen-bond acceptors (Lipinski definition) is 5. The molecule has 0 bridgehead atoms. The number of allylic oxidation sites excluding steroid dienone is 1. The van der Waals surface area contributed by atoms with E-state index in [9.17, 15) is 19.2 Å². The van der Waals surface area contributed by atoms with Crippen LogP contribution < -0.4 is 5.32 Å².